The van der Waals surface area contributed by atoms with Crippen molar-refractivity contribution in [3.63, 3.8) is 0 Å². The van der Waals surface area contributed by atoms with Gasteiger partial charge in [-0.2, -0.15) is 5.10 Å². The summed E-state index contributed by atoms with van der Waals surface area (Å²) in [6, 6.07) is 0. The van der Waals surface area contributed by atoms with Gasteiger partial charge in [0, 0.05) is 12.3 Å². The molecule has 0 amide bonds. The number of H-pyrrole nitrogens is 1. The molecule has 1 aromatic heterocycles. The largest absolute Gasteiger partial charge is 0.330 e. The molecular formula is C10H18N4. The molecule has 4 nitrogen and oxygen atoms in total. The van der Waals surface area contributed by atoms with Crippen LogP contribution in [0.4, 0.5) is 0 Å². The summed E-state index contributed by atoms with van der Waals surface area (Å²) in [5.41, 5.74) is 5.55. The molecule has 1 heterocycles. The number of aromatic amines is 1. The average molecular weight is 194 g/mol. The van der Waals surface area contributed by atoms with Crippen molar-refractivity contribution in [1.82, 2.24) is 15.2 Å². The summed E-state index contributed by atoms with van der Waals surface area (Å²) >= 11 is 0. The van der Waals surface area contributed by atoms with Crippen LogP contribution < -0.4 is 5.73 Å². The monoisotopic (exact) mass is 194 g/mol. The van der Waals surface area contributed by atoms with Gasteiger partial charge in [0.15, 0.2) is 5.82 Å². The van der Waals surface area contributed by atoms with Crippen LogP contribution in [0.25, 0.3) is 0 Å². The Labute approximate surface area is 84.3 Å². The maximum absolute atomic E-state index is 5.55. The summed E-state index contributed by atoms with van der Waals surface area (Å²) in [5, 5.41) is 7.22. The number of aryl methyl sites for hydroxylation is 1. The highest BCUT2D eigenvalue weighted by Gasteiger charge is 2.27. The molecule has 14 heavy (non-hydrogen) atoms. The quantitative estimate of drug-likeness (QED) is 0.740. The highest BCUT2D eigenvalue weighted by atomic mass is 15.2. The van der Waals surface area contributed by atoms with E-state index in [4.69, 9.17) is 5.73 Å². The van der Waals surface area contributed by atoms with Crippen molar-refractivity contribution >= 4 is 0 Å². The van der Waals surface area contributed by atoms with E-state index in [1.54, 1.807) is 0 Å². The summed E-state index contributed by atoms with van der Waals surface area (Å²) in [6.07, 6.45) is 4.58. The summed E-state index contributed by atoms with van der Waals surface area (Å²) in [5.74, 6) is 3.25. The zero-order chi connectivity index (χ0) is 9.97. The van der Waals surface area contributed by atoms with Crippen molar-refractivity contribution in [2.45, 2.75) is 38.5 Å². The predicted molar refractivity (Wildman–Crippen MR) is 54.9 cm³/mol. The number of nitrogens with zero attached hydrogens (tertiary/aromatic N) is 2. The molecule has 78 valence electrons. The number of nitrogens with one attached hydrogen (secondary N) is 1. The number of rotatable bonds is 5. The van der Waals surface area contributed by atoms with E-state index >= 15 is 0 Å². The van der Waals surface area contributed by atoms with E-state index in [1.165, 1.54) is 12.8 Å². The molecule has 1 aliphatic rings. The summed E-state index contributed by atoms with van der Waals surface area (Å²) in [6.45, 7) is 2.92. The van der Waals surface area contributed by atoms with Crippen molar-refractivity contribution in [1.29, 1.82) is 0 Å². The fourth-order valence-electron chi connectivity index (χ4n) is 1.45. The van der Waals surface area contributed by atoms with Crippen LogP contribution in [0, 0.1) is 5.92 Å². The Balaban J connectivity index is 1.83. The minimum atomic E-state index is 0.574. The van der Waals surface area contributed by atoms with Gasteiger partial charge in [-0.15, -0.1) is 0 Å². The van der Waals surface area contributed by atoms with Gasteiger partial charge in [-0.25, -0.2) is 4.98 Å². The molecule has 1 saturated carbocycles. The summed E-state index contributed by atoms with van der Waals surface area (Å²) in [7, 11) is 0. The molecule has 2 rings (SSSR count). The van der Waals surface area contributed by atoms with Crippen LogP contribution in [0.2, 0.25) is 0 Å². The molecule has 1 fully saturated rings. The molecule has 1 unspecified atom stereocenters. The van der Waals surface area contributed by atoms with Crippen LogP contribution in [-0.4, -0.2) is 21.7 Å². The van der Waals surface area contributed by atoms with Gasteiger partial charge in [-0.1, -0.05) is 6.92 Å². The standard InChI is InChI=1S/C10H18N4/c1-7(6-11)2-5-9-12-10(14-13-9)8-3-4-8/h7-8H,2-6,11H2,1H3,(H,12,13,14). The van der Waals surface area contributed by atoms with Crippen LogP contribution in [-0.2, 0) is 6.42 Å². The van der Waals surface area contributed by atoms with Gasteiger partial charge in [0.25, 0.3) is 0 Å². The Morgan fingerprint density at radius 1 is 1.57 bits per heavy atom. The Morgan fingerprint density at radius 2 is 2.36 bits per heavy atom. The lowest BCUT2D eigenvalue weighted by Crippen LogP contribution is -2.11. The molecule has 1 atom stereocenters. The molecule has 0 bridgehead atoms. The van der Waals surface area contributed by atoms with Crippen molar-refractivity contribution in [2.24, 2.45) is 11.7 Å². The lowest BCUT2D eigenvalue weighted by molar-refractivity contribution is 0.536. The van der Waals surface area contributed by atoms with E-state index in [-0.39, 0.29) is 0 Å². The lowest BCUT2D eigenvalue weighted by Gasteiger charge is -2.04. The van der Waals surface area contributed by atoms with Crippen LogP contribution >= 0.6 is 0 Å². The topological polar surface area (TPSA) is 67.6 Å². The second-order valence-electron chi connectivity index (χ2n) is 4.29. The van der Waals surface area contributed by atoms with Crippen LogP contribution in [0.3, 0.4) is 0 Å². The second-order valence-corrected chi connectivity index (χ2v) is 4.29. The maximum atomic E-state index is 5.55. The Kier molecular flexibility index (Phi) is 2.82. The number of aromatic nitrogens is 3. The third kappa shape index (κ3) is 2.32. The first-order valence-electron chi connectivity index (χ1n) is 5.41. The highest BCUT2D eigenvalue weighted by molar-refractivity contribution is 5.04. The zero-order valence-electron chi connectivity index (χ0n) is 8.66. The van der Waals surface area contributed by atoms with Crippen molar-refractivity contribution in [3.8, 4) is 0 Å². The lowest BCUT2D eigenvalue weighted by atomic mass is 10.1. The van der Waals surface area contributed by atoms with Gasteiger partial charge in [0.1, 0.15) is 5.82 Å². The van der Waals surface area contributed by atoms with Crippen molar-refractivity contribution in [2.75, 3.05) is 6.54 Å². The molecule has 0 saturated heterocycles. The van der Waals surface area contributed by atoms with Crippen molar-refractivity contribution < 1.29 is 0 Å². The van der Waals surface area contributed by atoms with Crippen molar-refractivity contribution in [3.05, 3.63) is 11.6 Å². The Hall–Kier alpha value is -0.900. The SMILES string of the molecule is CC(CN)CCc1nc(C2CC2)n[nH]1. The Bertz CT molecular complexity index is 290. The number of hydrogen-bond acceptors (Lipinski definition) is 3. The maximum Gasteiger partial charge on any atom is 0.153 e. The molecule has 1 aromatic rings. The molecule has 3 N–H and O–H groups in total. The smallest absolute Gasteiger partial charge is 0.153 e. The summed E-state index contributed by atoms with van der Waals surface area (Å²) < 4.78 is 0. The summed E-state index contributed by atoms with van der Waals surface area (Å²) in [4.78, 5) is 4.47. The molecule has 0 aliphatic heterocycles. The van der Waals surface area contributed by atoms with Gasteiger partial charge in [-0.05, 0) is 31.7 Å². The molecule has 0 aromatic carbocycles. The number of nitrogens with two attached hydrogens (primary N) is 1. The first-order chi connectivity index (χ1) is 6.79. The van der Waals surface area contributed by atoms with Gasteiger partial charge in [0.05, 0.1) is 0 Å². The van der Waals surface area contributed by atoms with E-state index in [0.717, 1.165) is 31.0 Å². The normalized spacial score (nSPS) is 18.4. The molecule has 4 heteroatoms. The van der Waals surface area contributed by atoms with E-state index in [0.29, 0.717) is 11.8 Å². The second kappa shape index (κ2) is 4.09. The van der Waals surface area contributed by atoms with E-state index < -0.39 is 0 Å². The van der Waals surface area contributed by atoms with Crippen LogP contribution in [0.5, 0.6) is 0 Å². The first kappa shape index (κ1) is 9.65. The van der Waals surface area contributed by atoms with Crippen LogP contribution in [0.15, 0.2) is 0 Å². The van der Waals surface area contributed by atoms with Crippen LogP contribution in [0.1, 0.15) is 43.8 Å². The number of hydrogen-bond donors (Lipinski definition) is 2. The molecule has 0 spiro atoms. The van der Waals surface area contributed by atoms with E-state index in [2.05, 4.69) is 22.1 Å². The fraction of sp³-hybridized carbons (Fsp3) is 0.800. The minimum Gasteiger partial charge on any atom is -0.330 e. The van der Waals surface area contributed by atoms with Gasteiger partial charge >= 0.3 is 0 Å². The van der Waals surface area contributed by atoms with Gasteiger partial charge in [0.2, 0.25) is 0 Å². The first-order valence-corrected chi connectivity index (χ1v) is 5.41. The average Bonchev–Trinajstić information content (AvgIpc) is 2.95. The van der Waals surface area contributed by atoms with Gasteiger partial charge in [-0.3, -0.25) is 5.10 Å². The third-order valence-corrected chi connectivity index (χ3v) is 2.77. The predicted octanol–water partition coefficient (Wildman–Crippen LogP) is 1.21. The fourth-order valence-corrected chi connectivity index (χ4v) is 1.45. The highest BCUT2D eigenvalue weighted by Crippen LogP contribution is 2.37. The zero-order valence-corrected chi connectivity index (χ0v) is 8.66. The molecule has 0 radical (unpaired) electrons. The van der Waals surface area contributed by atoms with Gasteiger partial charge < -0.3 is 5.73 Å². The third-order valence-electron chi connectivity index (χ3n) is 2.77. The van der Waals surface area contributed by atoms with E-state index in [9.17, 15) is 0 Å². The minimum absolute atomic E-state index is 0.574. The Morgan fingerprint density at radius 3 is 3.00 bits per heavy atom. The molecular weight excluding hydrogens is 176 g/mol. The molecule has 1 aliphatic carbocycles. The van der Waals surface area contributed by atoms with E-state index in [1.807, 2.05) is 0 Å².